The smallest absolute Gasteiger partial charge is 0.282 e. The van der Waals surface area contributed by atoms with Crippen LogP contribution in [0.1, 0.15) is 15.9 Å². The van der Waals surface area contributed by atoms with E-state index in [1.54, 1.807) is 20.0 Å². The summed E-state index contributed by atoms with van der Waals surface area (Å²) in [6.45, 7) is 2.32. The maximum absolute atomic E-state index is 12.3. The van der Waals surface area contributed by atoms with E-state index in [0.29, 0.717) is 6.61 Å². The van der Waals surface area contributed by atoms with Crippen LogP contribution in [0, 0.1) is 17.0 Å². The highest BCUT2D eigenvalue weighted by Crippen LogP contribution is 2.21. The van der Waals surface area contributed by atoms with Crippen molar-refractivity contribution >= 4 is 23.2 Å². The number of ether oxygens (including phenoxy) is 1. The molecule has 0 aliphatic carbocycles. The van der Waals surface area contributed by atoms with Crippen molar-refractivity contribution in [2.75, 3.05) is 27.3 Å². The van der Waals surface area contributed by atoms with Crippen LogP contribution in [-0.4, -0.2) is 48.4 Å². The number of hydrogen-bond acceptors (Lipinski definition) is 4. The predicted octanol–water partition coefficient (Wildman–Crippen LogP) is 2.23. The molecule has 6 nitrogen and oxygen atoms in total. The van der Waals surface area contributed by atoms with Crippen LogP contribution in [0.25, 0.3) is 0 Å². The zero-order chi connectivity index (χ0) is 15.3. The van der Waals surface area contributed by atoms with Crippen LogP contribution < -0.4 is 0 Å². The fourth-order valence-electron chi connectivity index (χ4n) is 1.80. The third kappa shape index (κ3) is 4.18. The van der Waals surface area contributed by atoms with Gasteiger partial charge >= 0.3 is 0 Å². The number of methoxy groups -OCH3 is 1. The Morgan fingerprint density at radius 2 is 2.20 bits per heavy atom. The van der Waals surface area contributed by atoms with E-state index in [4.69, 9.17) is 16.3 Å². The van der Waals surface area contributed by atoms with E-state index in [9.17, 15) is 14.9 Å². The van der Waals surface area contributed by atoms with Gasteiger partial charge in [-0.2, -0.15) is 0 Å². The van der Waals surface area contributed by atoms with Gasteiger partial charge in [-0.05, 0) is 18.6 Å². The highest BCUT2D eigenvalue weighted by atomic mass is 35.5. The molecule has 1 unspecified atom stereocenters. The highest BCUT2D eigenvalue weighted by Gasteiger charge is 2.24. The van der Waals surface area contributed by atoms with Gasteiger partial charge in [-0.25, -0.2) is 0 Å². The molecule has 0 aliphatic rings. The molecular formula is C13H17ClN2O4. The first-order valence-corrected chi connectivity index (χ1v) is 6.44. The lowest BCUT2D eigenvalue weighted by atomic mass is 10.1. The van der Waals surface area contributed by atoms with Gasteiger partial charge in [0.25, 0.3) is 11.6 Å². The van der Waals surface area contributed by atoms with Gasteiger partial charge in [0.2, 0.25) is 0 Å². The topological polar surface area (TPSA) is 72.7 Å². The number of nitro groups is 1. The lowest BCUT2D eigenvalue weighted by Crippen LogP contribution is -2.34. The summed E-state index contributed by atoms with van der Waals surface area (Å²) in [7, 11) is 3.07. The van der Waals surface area contributed by atoms with Crippen molar-refractivity contribution in [1.29, 1.82) is 0 Å². The Hall–Kier alpha value is -1.66. The van der Waals surface area contributed by atoms with Crippen LogP contribution in [0.3, 0.4) is 0 Å². The van der Waals surface area contributed by atoms with Gasteiger partial charge in [-0.1, -0.05) is 6.07 Å². The minimum absolute atomic E-state index is 0.0683. The van der Waals surface area contributed by atoms with Crippen LogP contribution in [0.4, 0.5) is 5.69 Å². The molecule has 110 valence electrons. The Kier molecular flexibility index (Phi) is 5.91. The Morgan fingerprint density at radius 1 is 1.55 bits per heavy atom. The Labute approximate surface area is 122 Å². The normalized spacial score (nSPS) is 12.0. The molecule has 0 saturated heterocycles. The first kappa shape index (κ1) is 16.4. The molecule has 0 bridgehead atoms. The van der Waals surface area contributed by atoms with E-state index in [0.717, 1.165) is 5.56 Å². The molecule has 0 saturated carbocycles. The van der Waals surface area contributed by atoms with Gasteiger partial charge in [0, 0.05) is 26.8 Å². The molecule has 0 spiro atoms. The molecule has 1 atom stereocenters. The number of amides is 1. The molecule has 0 aromatic heterocycles. The number of nitro benzene ring substituents is 1. The first-order valence-electron chi connectivity index (χ1n) is 6.00. The number of carbonyl (C=O) groups is 1. The van der Waals surface area contributed by atoms with Gasteiger partial charge in [0.15, 0.2) is 0 Å². The van der Waals surface area contributed by atoms with Gasteiger partial charge in [0.1, 0.15) is 5.56 Å². The molecule has 0 aliphatic heterocycles. The average Bonchev–Trinajstić information content (AvgIpc) is 2.37. The van der Waals surface area contributed by atoms with Crippen molar-refractivity contribution in [3.8, 4) is 0 Å². The molecule has 20 heavy (non-hydrogen) atoms. The SMILES string of the molecule is COCC(Cl)CN(C)C(=O)c1cc(C)ccc1[N+](=O)[O-]. The molecular weight excluding hydrogens is 284 g/mol. The lowest BCUT2D eigenvalue weighted by molar-refractivity contribution is -0.385. The summed E-state index contributed by atoms with van der Waals surface area (Å²) in [6.07, 6.45) is 0. The summed E-state index contributed by atoms with van der Waals surface area (Å²) in [5.41, 5.74) is 0.649. The molecule has 0 fully saturated rings. The van der Waals surface area contributed by atoms with Gasteiger partial charge in [-0.15, -0.1) is 11.6 Å². The van der Waals surface area contributed by atoms with E-state index >= 15 is 0 Å². The second-order valence-corrected chi connectivity index (χ2v) is 5.13. The summed E-state index contributed by atoms with van der Waals surface area (Å²) < 4.78 is 4.89. The first-order chi connectivity index (χ1) is 9.36. The predicted molar refractivity (Wildman–Crippen MR) is 76.3 cm³/mol. The van der Waals surface area contributed by atoms with E-state index < -0.39 is 10.8 Å². The standard InChI is InChI=1S/C13H17ClN2O4/c1-9-4-5-12(16(18)19)11(6-9)13(17)15(2)7-10(14)8-20-3/h4-6,10H,7-8H2,1-3H3. The van der Waals surface area contributed by atoms with E-state index in [1.165, 1.54) is 24.1 Å². The number of carbonyl (C=O) groups excluding carboxylic acids is 1. The van der Waals surface area contributed by atoms with Crippen molar-refractivity contribution in [3.05, 3.63) is 39.4 Å². The zero-order valence-corrected chi connectivity index (χ0v) is 12.4. The molecule has 7 heteroatoms. The van der Waals surface area contributed by atoms with Crippen molar-refractivity contribution in [1.82, 2.24) is 4.90 Å². The van der Waals surface area contributed by atoms with Crippen LogP contribution in [0.5, 0.6) is 0 Å². The van der Waals surface area contributed by atoms with E-state index in [2.05, 4.69) is 0 Å². The molecule has 0 heterocycles. The maximum atomic E-state index is 12.3. The Bertz CT molecular complexity index is 507. The summed E-state index contributed by atoms with van der Waals surface area (Å²) in [6, 6.07) is 4.45. The monoisotopic (exact) mass is 300 g/mol. The number of alkyl halides is 1. The van der Waals surface area contributed by atoms with Crippen LogP contribution >= 0.6 is 11.6 Å². The van der Waals surface area contributed by atoms with Gasteiger partial charge in [-0.3, -0.25) is 14.9 Å². The number of rotatable bonds is 6. The fourth-order valence-corrected chi connectivity index (χ4v) is 2.13. The van der Waals surface area contributed by atoms with Crippen LogP contribution in [-0.2, 0) is 4.74 Å². The molecule has 0 radical (unpaired) electrons. The quantitative estimate of drug-likeness (QED) is 0.459. The van der Waals surface area contributed by atoms with E-state index in [1.807, 2.05) is 0 Å². The third-order valence-electron chi connectivity index (χ3n) is 2.75. The highest BCUT2D eigenvalue weighted by molar-refractivity contribution is 6.21. The van der Waals surface area contributed by atoms with Crippen LogP contribution in [0.15, 0.2) is 18.2 Å². The summed E-state index contributed by atoms with van der Waals surface area (Å²) in [4.78, 5) is 24.1. The fraction of sp³-hybridized carbons (Fsp3) is 0.462. The summed E-state index contributed by atoms with van der Waals surface area (Å²) in [5.74, 6) is -0.429. The summed E-state index contributed by atoms with van der Waals surface area (Å²) in [5, 5.41) is 10.6. The number of halogens is 1. The summed E-state index contributed by atoms with van der Waals surface area (Å²) >= 11 is 5.99. The zero-order valence-electron chi connectivity index (χ0n) is 11.6. The number of aryl methyl sites for hydroxylation is 1. The number of nitrogens with zero attached hydrogens (tertiary/aromatic N) is 2. The Morgan fingerprint density at radius 3 is 2.75 bits per heavy atom. The largest absolute Gasteiger partial charge is 0.383 e. The number of benzene rings is 1. The molecule has 0 N–H and O–H groups in total. The Balaban J connectivity index is 2.96. The lowest BCUT2D eigenvalue weighted by Gasteiger charge is -2.20. The third-order valence-corrected chi connectivity index (χ3v) is 3.01. The van der Waals surface area contributed by atoms with Crippen molar-refractivity contribution in [2.45, 2.75) is 12.3 Å². The van der Waals surface area contributed by atoms with Crippen LogP contribution in [0.2, 0.25) is 0 Å². The molecule has 1 aromatic rings. The minimum atomic E-state index is -0.562. The number of hydrogen-bond donors (Lipinski definition) is 0. The molecule has 1 aromatic carbocycles. The minimum Gasteiger partial charge on any atom is -0.383 e. The van der Waals surface area contributed by atoms with Gasteiger partial charge in [0.05, 0.1) is 16.9 Å². The van der Waals surface area contributed by atoms with Crippen molar-refractivity contribution < 1.29 is 14.5 Å². The second kappa shape index (κ2) is 7.21. The van der Waals surface area contributed by atoms with Gasteiger partial charge < -0.3 is 9.64 Å². The van der Waals surface area contributed by atoms with Crippen molar-refractivity contribution in [3.63, 3.8) is 0 Å². The maximum Gasteiger partial charge on any atom is 0.282 e. The average molecular weight is 301 g/mol. The van der Waals surface area contributed by atoms with E-state index in [-0.39, 0.29) is 23.2 Å². The second-order valence-electron chi connectivity index (χ2n) is 4.52. The molecule has 1 rings (SSSR count). The van der Waals surface area contributed by atoms with Crippen molar-refractivity contribution in [2.24, 2.45) is 0 Å². The molecule has 1 amide bonds.